The summed E-state index contributed by atoms with van der Waals surface area (Å²) in [6.07, 6.45) is 3.88. The average Bonchev–Trinajstić information content (AvgIpc) is 2.63. The quantitative estimate of drug-likeness (QED) is 0.706. The highest BCUT2D eigenvalue weighted by Gasteiger charge is 2.13. The lowest BCUT2D eigenvalue weighted by Gasteiger charge is -2.22. The minimum Gasteiger partial charge on any atom is -0.495 e. The molecule has 0 fully saturated rings. The molecular formula is C18H25ClN4O2. The maximum atomic E-state index is 6.15. The van der Waals surface area contributed by atoms with Crippen molar-refractivity contribution in [2.45, 2.75) is 26.7 Å². The van der Waals surface area contributed by atoms with Crippen LogP contribution in [0.3, 0.4) is 0 Å². The first-order valence-corrected chi connectivity index (χ1v) is 8.77. The van der Waals surface area contributed by atoms with Crippen LogP contribution >= 0.6 is 11.6 Å². The summed E-state index contributed by atoms with van der Waals surface area (Å²) >= 11 is 6.15. The molecule has 6 nitrogen and oxygen atoms in total. The Bertz CT molecular complexity index is 691. The second kappa shape index (κ2) is 9.32. The smallest absolute Gasteiger partial charge is 0.229 e. The molecule has 0 radical (unpaired) electrons. The van der Waals surface area contributed by atoms with Gasteiger partial charge in [0.2, 0.25) is 5.95 Å². The van der Waals surface area contributed by atoms with Gasteiger partial charge in [0.15, 0.2) is 0 Å². The first kappa shape index (κ1) is 19.1. The highest BCUT2D eigenvalue weighted by atomic mass is 35.5. The van der Waals surface area contributed by atoms with E-state index in [0.717, 1.165) is 31.7 Å². The van der Waals surface area contributed by atoms with Crippen molar-refractivity contribution in [1.82, 2.24) is 9.97 Å². The third-order valence-corrected chi connectivity index (χ3v) is 3.97. The Kier molecular flexibility index (Phi) is 7.13. The molecule has 2 aromatic rings. The van der Waals surface area contributed by atoms with Gasteiger partial charge in [0.25, 0.3) is 0 Å². The van der Waals surface area contributed by atoms with Crippen molar-refractivity contribution < 1.29 is 9.47 Å². The van der Waals surface area contributed by atoms with E-state index in [2.05, 4.69) is 34.0 Å². The minimum atomic E-state index is 0.483. The molecule has 0 unspecified atom stereocenters. The first-order chi connectivity index (χ1) is 12.1. The number of ether oxygens (including phenoxy) is 2. The summed E-state index contributed by atoms with van der Waals surface area (Å²) in [5.74, 6) is 2.55. The molecule has 25 heavy (non-hydrogen) atoms. The molecule has 0 aliphatic heterocycles. The Hall–Kier alpha value is -2.21. The largest absolute Gasteiger partial charge is 0.495 e. The van der Waals surface area contributed by atoms with E-state index in [4.69, 9.17) is 21.1 Å². The highest BCUT2D eigenvalue weighted by molar-refractivity contribution is 6.32. The van der Waals surface area contributed by atoms with Crippen LogP contribution in [0.1, 0.15) is 26.7 Å². The van der Waals surface area contributed by atoms with Crippen LogP contribution in [0, 0.1) is 0 Å². The summed E-state index contributed by atoms with van der Waals surface area (Å²) < 4.78 is 10.7. The number of hydrogen-bond donors (Lipinski definition) is 1. The van der Waals surface area contributed by atoms with E-state index in [1.54, 1.807) is 32.5 Å². The molecule has 1 aromatic carbocycles. The molecule has 0 saturated carbocycles. The number of nitrogens with zero attached hydrogens (tertiary/aromatic N) is 3. The summed E-state index contributed by atoms with van der Waals surface area (Å²) in [5, 5.41) is 3.68. The highest BCUT2D eigenvalue weighted by Crippen LogP contribution is 2.36. The standard InChI is InChI=1S/C18H25ClN4O2/c1-5-9-23(10-6-2)17-7-8-20-18(22-17)21-14-12-15(24-3)13(19)11-16(14)25-4/h7-8,11-12H,5-6,9-10H2,1-4H3,(H,20,21,22). The Morgan fingerprint density at radius 3 is 2.36 bits per heavy atom. The number of hydrogen-bond acceptors (Lipinski definition) is 6. The fraction of sp³-hybridized carbons (Fsp3) is 0.444. The van der Waals surface area contributed by atoms with Crippen molar-refractivity contribution in [1.29, 1.82) is 0 Å². The van der Waals surface area contributed by atoms with Crippen molar-refractivity contribution in [3.63, 3.8) is 0 Å². The lowest BCUT2D eigenvalue weighted by atomic mass is 10.2. The number of nitrogens with one attached hydrogen (secondary N) is 1. The number of rotatable bonds is 9. The van der Waals surface area contributed by atoms with E-state index in [0.29, 0.717) is 28.2 Å². The summed E-state index contributed by atoms with van der Waals surface area (Å²) in [6.45, 7) is 6.24. The number of aromatic nitrogens is 2. The summed E-state index contributed by atoms with van der Waals surface area (Å²) in [7, 11) is 3.16. The molecule has 2 rings (SSSR count). The van der Waals surface area contributed by atoms with Gasteiger partial charge in [-0.25, -0.2) is 4.98 Å². The van der Waals surface area contributed by atoms with E-state index in [-0.39, 0.29) is 0 Å². The van der Waals surface area contributed by atoms with E-state index >= 15 is 0 Å². The van der Waals surface area contributed by atoms with Crippen molar-refractivity contribution in [3.8, 4) is 11.5 Å². The molecule has 0 aliphatic carbocycles. The van der Waals surface area contributed by atoms with Gasteiger partial charge in [0, 0.05) is 31.4 Å². The maximum Gasteiger partial charge on any atom is 0.229 e. The Labute approximate surface area is 154 Å². The predicted octanol–water partition coefficient (Wildman–Crippen LogP) is 4.52. The molecule has 136 valence electrons. The van der Waals surface area contributed by atoms with Crippen molar-refractivity contribution in [3.05, 3.63) is 29.4 Å². The fourth-order valence-corrected chi connectivity index (χ4v) is 2.78. The minimum absolute atomic E-state index is 0.483. The molecule has 0 aliphatic rings. The lowest BCUT2D eigenvalue weighted by molar-refractivity contribution is 0.405. The van der Waals surface area contributed by atoms with Gasteiger partial charge in [-0.1, -0.05) is 25.4 Å². The molecular weight excluding hydrogens is 340 g/mol. The Morgan fingerprint density at radius 2 is 1.76 bits per heavy atom. The van der Waals surface area contributed by atoms with Gasteiger partial charge in [-0.05, 0) is 18.9 Å². The second-order valence-corrected chi connectivity index (χ2v) is 5.94. The topological polar surface area (TPSA) is 59.5 Å². The molecule has 0 amide bonds. The zero-order valence-electron chi connectivity index (χ0n) is 15.2. The molecule has 7 heteroatoms. The average molecular weight is 365 g/mol. The maximum absolute atomic E-state index is 6.15. The molecule has 1 N–H and O–H groups in total. The summed E-state index contributed by atoms with van der Waals surface area (Å²) in [6, 6.07) is 5.40. The van der Waals surface area contributed by atoms with Crippen LogP contribution in [-0.4, -0.2) is 37.3 Å². The van der Waals surface area contributed by atoms with Crippen LogP contribution < -0.4 is 19.7 Å². The van der Waals surface area contributed by atoms with E-state index in [1.165, 1.54) is 0 Å². The molecule has 0 spiro atoms. The SMILES string of the molecule is CCCN(CCC)c1ccnc(Nc2cc(OC)c(Cl)cc2OC)n1. The fourth-order valence-electron chi connectivity index (χ4n) is 2.54. The van der Waals surface area contributed by atoms with Crippen LogP contribution in [0.2, 0.25) is 5.02 Å². The number of halogens is 1. The van der Waals surface area contributed by atoms with Crippen LogP contribution in [-0.2, 0) is 0 Å². The van der Waals surface area contributed by atoms with Gasteiger partial charge in [0.1, 0.15) is 17.3 Å². The number of anilines is 3. The summed E-state index contributed by atoms with van der Waals surface area (Å²) in [5.41, 5.74) is 0.693. The van der Waals surface area contributed by atoms with Gasteiger partial charge in [-0.15, -0.1) is 0 Å². The van der Waals surface area contributed by atoms with Crippen molar-refractivity contribution >= 4 is 29.1 Å². The van der Waals surface area contributed by atoms with Gasteiger partial charge in [0.05, 0.1) is 24.9 Å². The van der Waals surface area contributed by atoms with Gasteiger partial charge >= 0.3 is 0 Å². The summed E-state index contributed by atoms with van der Waals surface area (Å²) in [4.78, 5) is 11.2. The Balaban J connectivity index is 2.30. The zero-order chi connectivity index (χ0) is 18.2. The van der Waals surface area contributed by atoms with Crippen molar-refractivity contribution in [2.24, 2.45) is 0 Å². The molecule has 0 saturated heterocycles. The third-order valence-electron chi connectivity index (χ3n) is 3.67. The molecule has 1 heterocycles. The first-order valence-electron chi connectivity index (χ1n) is 8.39. The monoisotopic (exact) mass is 364 g/mol. The zero-order valence-corrected chi connectivity index (χ0v) is 15.9. The Morgan fingerprint density at radius 1 is 1.08 bits per heavy atom. The van der Waals surface area contributed by atoms with E-state index in [1.807, 2.05) is 6.07 Å². The van der Waals surface area contributed by atoms with Crippen molar-refractivity contribution in [2.75, 3.05) is 37.5 Å². The normalized spacial score (nSPS) is 10.4. The molecule has 0 atom stereocenters. The molecule has 0 bridgehead atoms. The predicted molar refractivity (Wildman–Crippen MR) is 103 cm³/mol. The van der Waals surface area contributed by atoms with Gasteiger partial charge < -0.3 is 19.7 Å². The van der Waals surface area contributed by atoms with Gasteiger partial charge in [-0.3, -0.25) is 0 Å². The van der Waals surface area contributed by atoms with Gasteiger partial charge in [-0.2, -0.15) is 4.98 Å². The van der Waals surface area contributed by atoms with E-state index < -0.39 is 0 Å². The number of methoxy groups -OCH3 is 2. The lowest BCUT2D eigenvalue weighted by Crippen LogP contribution is -2.26. The van der Waals surface area contributed by atoms with Crippen LogP contribution in [0.4, 0.5) is 17.5 Å². The third kappa shape index (κ3) is 4.89. The van der Waals surface area contributed by atoms with E-state index in [9.17, 15) is 0 Å². The molecule has 1 aromatic heterocycles. The van der Waals surface area contributed by atoms with Crippen LogP contribution in [0.25, 0.3) is 0 Å². The second-order valence-electron chi connectivity index (χ2n) is 5.54. The van der Waals surface area contributed by atoms with Crippen LogP contribution in [0.15, 0.2) is 24.4 Å². The van der Waals surface area contributed by atoms with Crippen LogP contribution in [0.5, 0.6) is 11.5 Å². The number of benzene rings is 1.